The summed E-state index contributed by atoms with van der Waals surface area (Å²) in [6.07, 6.45) is 5.11. The third kappa shape index (κ3) is 1.34. The Labute approximate surface area is 73.2 Å². The fourth-order valence-corrected chi connectivity index (χ4v) is 1.76. The zero-order valence-corrected chi connectivity index (χ0v) is 7.45. The van der Waals surface area contributed by atoms with Crippen molar-refractivity contribution in [1.29, 1.82) is 0 Å². The predicted octanol–water partition coefficient (Wildman–Crippen LogP) is 1.81. The topological polar surface area (TPSA) is 16.1 Å². The van der Waals surface area contributed by atoms with E-state index in [0.717, 1.165) is 13.1 Å². The summed E-state index contributed by atoms with van der Waals surface area (Å²) in [7, 11) is 0. The van der Waals surface area contributed by atoms with Gasteiger partial charge >= 0.3 is 0 Å². The summed E-state index contributed by atoms with van der Waals surface area (Å²) in [6, 6.07) is 2.13. The van der Waals surface area contributed by atoms with Crippen LogP contribution >= 0.6 is 0 Å². The third-order valence-electron chi connectivity index (χ3n) is 2.33. The maximum absolute atomic E-state index is 4.12. The molecule has 0 spiro atoms. The average molecular weight is 162 g/mol. The average Bonchev–Trinajstić information content (AvgIpc) is 2.47. The van der Waals surface area contributed by atoms with E-state index in [-0.39, 0.29) is 0 Å². The monoisotopic (exact) mass is 162 g/mol. The van der Waals surface area contributed by atoms with Gasteiger partial charge in [-0.2, -0.15) is 0 Å². The number of hydrogen-bond acceptors (Lipinski definition) is 2. The molecule has 0 radical (unpaired) electrons. The second kappa shape index (κ2) is 3.23. The summed E-state index contributed by atoms with van der Waals surface area (Å²) in [4.78, 5) is 6.59. The zero-order valence-electron chi connectivity index (χ0n) is 7.45. The van der Waals surface area contributed by atoms with Crippen molar-refractivity contribution in [1.82, 2.24) is 9.88 Å². The maximum atomic E-state index is 4.12. The van der Waals surface area contributed by atoms with Gasteiger partial charge in [-0.1, -0.05) is 6.92 Å². The molecule has 0 saturated heterocycles. The molecule has 0 aromatic carbocycles. The molecule has 1 aliphatic rings. The second-order valence-corrected chi connectivity index (χ2v) is 3.36. The molecule has 2 nitrogen and oxygen atoms in total. The minimum absolute atomic E-state index is 1.09. The van der Waals surface area contributed by atoms with Crippen LogP contribution in [0.2, 0.25) is 0 Å². The van der Waals surface area contributed by atoms with Gasteiger partial charge < -0.3 is 0 Å². The van der Waals surface area contributed by atoms with Gasteiger partial charge in [-0.05, 0) is 30.2 Å². The van der Waals surface area contributed by atoms with E-state index in [1.165, 1.54) is 24.1 Å². The van der Waals surface area contributed by atoms with E-state index in [0.29, 0.717) is 0 Å². The summed E-state index contributed by atoms with van der Waals surface area (Å²) < 4.78 is 0. The molecule has 12 heavy (non-hydrogen) atoms. The summed E-state index contributed by atoms with van der Waals surface area (Å²) in [5, 5.41) is 0. The zero-order chi connectivity index (χ0) is 8.39. The number of aromatic nitrogens is 1. The van der Waals surface area contributed by atoms with Gasteiger partial charge in [0.25, 0.3) is 0 Å². The summed E-state index contributed by atoms with van der Waals surface area (Å²) in [6.45, 7) is 5.64. The molecule has 0 atom stereocenters. The Kier molecular flexibility index (Phi) is 2.09. The number of rotatable bonds is 2. The molecule has 1 aliphatic heterocycles. The van der Waals surface area contributed by atoms with Crippen LogP contribution < -0.4 is 0 Å². The Morgan fingerprint density at radius 3 is 3.00 bits per heavy atom. The molecule has 0 bridgehead atoms. The first kappa shape index (κ1) is 7.74. The SMILES string of the molecule is CCCN1Cc2ccncc2C1. The first-order valence-corrected chi connectivity index (χ1v) is 4.54. The Morgan fingerprint density at radius 2 is 2.25 bits per heavy atom. The lowest BCUT2D eigenvalue weighted by Crippen LogP contribution is -2.16. The Morgan fingerprint density at radius 1 is 1.42 bits per heavy atom. The van der Waals surface area contributed by atoms with E-state index in [4.69, 9.17) is 0 Å². The smallest absolute Gasteiger partial charge is 0.0316 e. The van der Waals surface area contributed by atoms with E-state index < -0.39 is 0 Å². The highest BCUT2D eigenvalue weighted by molar-refractivity contribution is 5.26. The van der Waals surface area contributed by atoms with Crippen LogP contribution in [-0.2, 0) is 13.1 Å². The first-order chi connectivity index (χ1) is 5.90. The van der Waals surface area contributed by atoms with Gasteiger partial charge in [0.2, 0.25) is 0 Å². The highest BCUT2D eigenvalue weighted by Gasteiger charge is 2.16. The van der Waals surface area contributed by atoms with Crippen LogP contribution in [0.1, 0.15) is 24.5 Å². The Bertz CT molecular complexity index is 245. The van der Waals surface area contributed by atoms with Crippen LogP contribution in [0.15, 0.2) is 18.5 Å². The van der Waals surface area contributed by atoms with Crippen molar-refractivity contribution in [2.24, 2.45) is 0 Å². The molecule has 1 aromatic rings. The minimum atomic E-state index is 1.09. The van der Waals surface area contributed by atoms with Crippen molar-refractivity contribution in [3.05, 3.63) is 29.6 Å². The van der Waals surface area contributed by atoms with Gasteiger partial charge in [0.15, 0.2) is 0 Å². The van der Waals surface area contributed by atoms with Gasteiger partial charge in [0.05, 0.1) is 0 Å². The fourth-order valence-electron chi connectivity index (χ4n) is 1.76. The summed E-state index contributed by atoms with van der Waals surface area (Å²) in [5.74, 6) is 0. The largest absolute Gasteiger partial charge is 0.295 e. The van der Waals surface area contributed by atoms with Gasteiger partial charge in [0.1, 0.15) is 0 Å². The van der Waals surface area contributed by atoms with Crippen LogP contribution in [0.5, 0.6) is 0 Å². The quantitative estimate of drug-likeness (QED) is 0.659. The molecule has 2 rings (SSSR count). The van der Waals surface area contributed by atoms with E-state index in [9.17, 15) is 0 Å². The molecular weight excluding hydrogens is 148 g/mol. The predicted molar refractivity (Wildman–Crippen MR) is 48.6 cm³/mol. The van der Waals surface area contributed by atoms with Crippen LogP contribution in [0.4, 0.5) is 0 Å². The van der Waals surface area contributed by atoms with E-state index >= 15 is 0 Å². The van der Waals surface area contributed by atoms with Crippen molar-refractivity contribution < 1.29 is 0 Å². The minimum Gasteiger partial charge on any atom is -0.295 e. The molecule has 64 valence electrons. The van der Waals surface area contributed by atoms with Gasteiger partial charge in [-0.15, -0.1) is 0 Å². The Balaban J connectivity index is 2.11. The molecule has 0 aliphatic carbocycles. The molecule has 2 heterocycles. The molecule has 0 fully saturated rings. The van der Waals surface area contributed by atoms with Crippen LogP contribution in [0, 0.1) is 0 Å². The van der Waals surface area contributed by atoms with Crippen molar-refractivity contribution in [3.8, 4) is 0 Å². The van der Waals surface area contributed by atoms with Gasteiger partial charge in [0, 0.05) is 25.5 Å². The number of hydrogen-bond donors (Lipinski definition) is 0. The van der Waals surface area contributed by atoms with Crippen molar-refractivity contribution >= 4 is 0 Å². The lowest BCUT2D eigenvalue weighted by atomic mass is 10.2. The lowest BCUT2D eigenvalue weighted by molar-refractivity contribution is 0.285. The third-order valence-corrected chi connectivity index (χ3v) is 2.33. The van der Waals surface area contributed by atoms with Crippen molar-refractivity contribution in [2.45, 2.75) is 26.4 Å². The number of pyridine rings is 1. The van der Waals surface area contributed by atoms with Crippen LogP contribution in [0.3, 0.4) is 0 Å². The first-order valence-electron chi connectivity index (χ1n) is 4.54. The normalized spacial score (nSPS) is 16.4. The summed E-state index contributed by atoms with van der Waals surface area (Å²) >= 11 is 0. The van der Waals surface area contributed by atoms with Crippen LogP contribution in [-0.4, -0.2) is 16.4 Å². The molecule has 0 unspecified atom stereocenters. The molecular formula is C10H14N2. The highest BCUT2D eigenvalue weighted by Crippen LogP contribution is 2.20. The van der Waals surface area contributed by atoms with E-state index in [2.05, 4.69) is 22.9 Å². The lowest BCUT2D eigenvalue weighted by Gasteiger charge is -2.11. The maximum Gasteiger partial charge on any atom is 0.0316 e. The van der Waals surface area contributed by atoms with E-state index in [1.807, 2.05) is 12.4 Å². The Hall–Kier alpha value is -0.890. The summed E-state index contributed by atoms with van der Waals surface area (Å²) in [5.41, 5.74) is 2.87. The number of nitrogens with zero attached hydrogens (tertiary/aromatic N) is 2. The molecule has 0 amide bonds. The standard InChI is InChI=1S/C10H14N2/c1-2-5-12-7-9-3-4-11-6-10(9)8-12/h3-4,6H,2,5,7-8H2,1H3. The molecule has 0 saturated carbocycles. The van der Waals surface area contributed by atoms with E-state index in [1.54, 1.807) is 0 Å². The van der Waals surface area contributed by atoms with Gasteiger partial charge in [-0.25, -0.2) is 0 Å². The van der Waals surface area contributed by atoms with Gasteiger partial charge in [-0.3, -0.25) is 9.88 Å². The highest BCUT2D eigenvalue weighted by atomic mass is 15.1. The molecule has 1 aromatic heterocycles. The van der Waals surface area contributed by atoms with Crippen LogP contribution in [0.25, 0.3) is 0 Å². The van der Waals surface area contributed by atoms with Crippen molar-refractivity contribution in [3.63, 3.8) is 0 Å². The van der Waals surface area contributed by atoms with Crippen molar-refractivity contribution in [2.75, 3.05) is 6.54 Å². The second-order valence-electron chi connectivity index (χ2n) is 3.36. The number of fused-ring (bicyclic) bond motifs is 1. The molecule has 0 N–H and O–H groups in total. The molecule has 2 heteroatoms. The fraction of sp³-hybridized carbons (Fsp3) is 0.500.